The molecule has 5 rings (SSSR count). The first-order chi connectivity index (χ1) is 13.8. The molecule has 1 N–H and O–H groups in total. The minimum Gasteiger partial charge on any atom is -0.465 e. The number of aromatic nitrogens is 2. The Labute approximate surface area is 166 Å². The fourth-order valence-corrected chi connectivity index (χ4v) is 4.46. The third kappa shape index (κ3) is 3.27. The van der Waals surface area contributed by atoms with Gasteiger partial charge in [-0.05, 0) is 17.7 Å². The zero-order valence-corrected chi connectivity index (χ0v) is 16.0. The third-order valence-corrected chi connectivity index (χ3v) is 5.96. The van der Waals surface area contributed by atoms with Gasteiger partial charge in [0, 0.05) is 23.9 Å². The summed E-state index contributed by atoms with van der Waals surface area (Å²) in [7, 11) is 0. The molecular formula is C22H19N3O2S. The number of para-hydroxylation sites is 1. The molecule has 0 atom stereocenters. The average molecular weight is 389 g/mol. The van der Waals surface area contributed by atoms with Gasteiger partial charge in [-0.2, -0.15) is 0 Å². The monoisotopic (exact) mass is 389 g/mol. The molecule has 2 aromatic carbocycles. The van der Waals surface area contributed by atoms with Crippen molar-refractivity contribution in [1.82, 2.24) is 14.9 Å². The summed E-state index contributed by atoms with van der Waals surface area (Å²) in [5.74, 6) is 0.0296. The van der Waals surface area contributed by atoms with Crippen LogP contribution in [0.2, 0.25) is 0 Å². The number of nitrogens with one attached hydrogen (secondary N) is 1. The second kappa shape index (κ2) is 7.13. The number of fused-ring (bicyclic) bond motifs is 2. The number of H-pyrrole nitrogens is 1. The summed E-state index contributed by atoms with van der Waals surface area (Å²) in [6.45, 7) is 1.75. The SMILES string of the molecule is O=C(c1cc2ccccc2[nH]1)N1CCc2nc(OCc3ccccc3)sc2C1. The van der Waals surface area contributed by atoms with Gasteiger partial charge in [-0.3, -0.25) is 4.79 Å². The molecule has 0 unspecified atom stereocenters. The van der Waals surface area contributed by atoms with Crippen LogP contribution in [0.25, 0.3) is 10.9 Å². The molecule has 28 heavy (non-hydrogen) atoms. The molecule has 0 saturated carbocycles. The lowest BCUT2D eigenvalue weighted by atomic mass is 10.1. The van der Waals surface area contributed by atoms with Crippen LogP contribution < -0.4 is 4.74 Å². The predicted octanol–water partition coefficient (Wildman–Crippen LogP) is 4.40. The van der Waals surface area contributed by atoms with Crippen LogP contribution in [0.4, 0.5) is 0 Å². The van der Waals surface area contributed by atoms with Crippen LogP contribution in [-0.2, 0) is 19.6 Å². The highest BCUT2D eigenvalue weighted by atomic mass is 32.1. The number of amides is 1. The maximum absolute atomic E-state index is 12.9. The molecule has 1 aliphatic heterocycles. The van der Waals surface area contributed by atoms with Crippen LogP contribution in [0.3, 0.4) is 0 Å². The van der Waals surface area contributed by atoms with E-state index in [2.05, 4.69) is 9.97 Å². The van der Waals surface area contributed by atoms with E-state index in [0.717, 1.165) is 33.5 Å². The molecule has 2 aromatic heterocycles. The van der Waals surface area contributed by atoms with Crippen molar-refractivity contribution in [1.29, 1.82) is 0 Å². The van der Waals surface area contributed by atoms with Gasteiger partial charge in [-0.25, -0.2) is 4.98 Å². The van der Waals surface area contributed by atoms with E-state index in [9.17, 15) is 4.79 Å². The van der Waals surface area contributed by atoms with Crippen LogP contribution >= 0.6 is 11.3 Å². The van der Waals surface area contributed by atoms with Crippen LogP contribution in [0.15, 0.2) is 60.7 Å². The van der Waals surface area contributed by atoms with E-state index in [1.54, 1.807) is 0 Å². The van der Waals surface area contributed by atoms with Crippen LogP contribution in [0.1, 0.15) is 26.6 Å². The van der Waals surface area contributed by atoms with Crippen LogP contribution in [-0.4, -0.2) is 27.3 Å². The molecule has 5 nitrogen and oxygen atoms in total. The van der Waals surface area contributed by atoms with E-state index in [1.165, 1.54) is 11.3 Å². The number of carbonyl (C=O) groups is 1. The van der Waals surface area contributed by atoms with Crippen molar-refractivity contribution in [3.05, 3.63) is 82.5 Å². The predicted molar refractivity (Wildman–Crippen MR) is 110 cm³/mol. The topological polar surface area (TPSA) is 58.2 Å². The van der Waals surface area contributed by atoms with E-state index in [0.29, 0.717) is 30.6 Å². The Kier molecular flexibility index (Phi) is 4.33. The van der Waals surface area contributed by atoms with Gasteiger partial charge in [0.2, 0.25) is 0 Å². The molecular weight excluding hydrogens is 370 g/mol. The summed E-state index contributed by atoms with van der Waals surface area (Å²) >= 11 is 1.54. The summed E-state index contributed by atoms with van der Waals surface area (Å²) in [4.78, 5) is 23.8. The highest BCUT2D eigenvalue weighted by Gasteiger charge is 2.26. The summed E-state index contributed by atoms with van der Waals surface area (Å²) in [6, 6.07) is 19.9. The average Bonchev–Trinajstić information content (AvgIpc) is 3.35. The Morgan fingerprint density at radius 1 is 1.14 bits per heavy atom. The summed E-state index contributed by atoms with van der Waals surface area (Å²) in [5.41, 5.74) is 3.78. The normalized spacial score (nSPS) is 13.5. The van der Waals surface area contributed by atoms with E-state index < -0.39 is 0 Å². The first kappa shape index (κ1) is 17.0. The highest BCUT2D eigenvalue weighted by molar-refractivity contribution is 7.13. The lowest BCUT2D eigenvalue weighted by Gasteiger charge is -2.25. The molecule has 4 aromatic rings. The van der Waals surface area contributed by atoms with Gasteiger partial charge in [0.05, 0.1) is 17.1 Å². The molecule has 0 saturated heterocycles. The largest absolute Gasteiger partial charge is 0.465 e. The van der Waals surface area contributed by atoms with E-state index >= 15 is 0 Å². The first-order valence-corrected chi connectivity index (χ1v) is 10.1. The van der Waals surface area contributed by atoms with E-state index in [-0.39, 0.29) is 5.91 Å². The van der Waals surface area contributed by atoms with Gasteiger partial charge in [-0.15, -0.1) is 0 Å². The van der Waals surface area contributed by atoms with Gasteiger partial charge < -0.3 is 14.6 Å². The van der Waals surface area contributed by atoms with Crippen molar-refractivity contribution in [2.24, 2.45) is 0 Å². The molecule has 6 heteroatoms. The Hall–Kier alpha value is -3.12. The van der Waals surface area contributed by atoms with Crippen molar-refractivity contribution in [2.45, 2.75) is 19.6 Å². The molecule has 140 valence electrons. The molecule has 0 fully saturated rings. The fraction of sp³-hybridized carbons (Fsp3) is 0.182. The maximum atomic E-state index is 12.9. The Morgan fingerprint density at radius 2 is 1.96 bits per heavy atom. The molecule has 1 aliphatic rings. The lowest BCUT2D eigenvalue weighted by molar-refractivity contribution is 0.0731. The van der Waals surface area contributed by atoms with E-state index in [4.69, 9.17) is 4.74 Å². The number of rotatable bonds is 4. The van der Waals surface area contributed by atoms with Gasteiger partial charge in [0.15, 0.2) is 0 Å². The minimum atomic E-state index is 0.0296. The molecule has 0 aliphatic carbocycles. The smallest absolute Gasteiger partial charge is 0.274 e. The zero-order valence-electron chi connectivity index (χ0n) is 15.2. The maximum Gasteiger partial charge on any atom is 0.274 e. The van der Waals surface area contributed by atoms with Gasteiger partial charge >= 0.3 is 0 Å². The van der Waals surface area contributed by atoms with Crippen LogP contribution in [0, 0.1) is 0 Å². The Balaban J connectivity index is 1.29. The van der Waals surface area contributed by atoms with Crippen molar-refractivity contribution < 1.29 is 9.53 Å². The van der Waals surface area contributed by atoms with Gasteiger partial charge in [-0.1, -0.05) is 59.9 Å². The van der Waals surface area contributed by atoms with Crippen LogP contribution in [0.5, 0.6) is 5.19 Å². The molecule has 3 heterocycles. The number of benzene rings is 2. The lowest BCUT2D eigenvalue weighted by Crippen LogP contribution is -2.35. The third-order valence-electron chi connectivity index (χ3n) is 4.96. The molecule has 0 spiro atoms. The number of hydrogen-bond donors (Lipinski definition) is 1. The minimum absolute atomic E-state index is 0.0296. The zero-order chi connectivity index (χ0) is 18.9. The highest BCUT2D eigenvalue weighted by Crippen LogP contribution is 2.31. The number of nitrogens with zero attached hydrogens (tertiary/aromatic N) is 2. The van der Waals surface area contributed by atoms with Crippen molar-refractivity contribution in [3.8, 4) is 5.19 Å². The van der Waals surface area contributed by atoms with Crippen molar-refractivity contribution in [3.63, 3.8) is 0 Å². The standard InChI is InChI=1S/C22H19N3O2S/c26-21(19-12-16-8-4-5-9-17(16)23-19)25-11-10-18-20(13-25)28-22(24-18)27-14-15-6-2-1-3-7-15/h1-9,12,23H,10-11,13-14H2. The summed E-state index contributed by atoms with van der Waals surface area (Å²) in [6.07, 6.45) is 0.756. The Bertz CT molecular complexity index is 1100. The first-order valence-electron chi connectivity index (χ1n) is 9.28. The van der Waals surface area contributed by atoms with Gasteiger partial charge in [0.25, 0.3) is 11.1 Å². The number of ether oxygens (including phenoxy) is 1. The second-order valence-corrected chi connectivity index (χ2v) is 7.92. The Morgan fingerprint density at radius 3 is 2.82 bits per heavy atom. The van der Waals surface area contributed by atoms with E-state index in [1.807, 2.05) is 65.6 Å². The fourth-order valence-electron chi connectivity index (χ4n) is 3.49. The molecule has 0 radical (unpaired) electrons. The molecule has 1 amide bonds. The number of hydrogen-bond acceptors (Lipinski definition) is 4. The number of thiazole rings is 1. The van der Waals surface area contributed by atoms with Crippen molar-refractivity contribution >= 4 is 28.1 Å². The quantitative estimate of drug-likeness (QED) is 0.563. The summed E-state index contributed by atoms with van der Waals surface area (Å²) in [5, 5.41) is 1.73. The van der Waals surface area contributed by atoms with Crippen molar-refractivity contribution in [2.75, 3.05) is 6.54 Å². The number of aromatic amines is 1. The number of carbonyl (C=O) groups excluding carboxylic acids is 1. The molecule has 0 bridgehead atoms. The van der Waals surface area contributed by atoms with Gasteiger partial charge in [0.1, 0.15) is 12.3 Å². The second-order valence-electron chi connectivity index (χ2n) is 6.87. The summed E-state index contributed by atoms with van der Waals surface area (Å²) < 4.78 is 5.86.